The summed E-state index contributed by atoms with van der Waals surface area (Å²) in [4.78, 5) is 18.8. The van der Waals surface area contributed by atoms with E-state index in [0.29, 0.717) is 29.7 Å². The van der Waals surface area contributed by atoms with E-state index in [9.17, 15) is 13.2 Å². The Morgan fingerprint density at radius 3 is 2.46 bits per heavy atom. The van der Waals surface area contributed by atoms with Gasteiger partial charge in [0, 0.05) is 61.5 Å². The fourth-order valence-electron chi connectivity index (χ4n) is 4.65. The van der Waals surface area contributed by atoms with Crippen LogP contribution in [0.1, 0.15) is 25.3 Å². The molecule has 1 fully saturated rings. The van der Waals surface area contributed by atoms with Crippen LogP contribution in [0.5, 0.6) is 5.75 Å². The maximum atomic E-state index is 13.0. The minimum atomic E-state index is -3.69. The van der Waals surface area contributed by atoms with Crippen LogP contribution >= 0.6 is 15.9 Å². The molecule has 0 aromatic heterocycles. The third-order valence-electron chi connectivity index (χ3n) is 6.67. The number of fused-ring (bicyclic) bond motifs is 1. The van der Waals surface area contributed by atoms with Crippen molar-refractivity contribution in [3.8, 4) is 5.75 Å². The van der Waals surface area contributed by atoms with Crippen LogP contribution in [0.2, 0.25) is 0 Å². The molecule has 2 aromatic carbocycles. The molecule has 4 rings (SSSR count). The minimum Gasteiger partial charge on any atom is -0.497 e. The maximum absolute atomic E-state index is 13.0. The molecule has 8 nitrogen and oxygen atoms in total. The first-order chi connectivity index (χ1) is 16.8. The second-order valence-corrected chi connectivity index (χ2v) is 11.4. The molecular formula is C25H33BrN4O4S. The molecule has 35 heavy (non-hydrogen) atoms. The summed E-state index contributed by atoms with van der Waals surface area (Å²) >= 11 is 3.42. The van der Waals surface area contributed by atoms with Gasteiger partial charge in [0.05, 0.1) is 12.0 Å². The lowest BCUT2D eigenvalue weighted by Crippen LogP contribution is -2.47. The van der Waals surface area contributed by atoms with E-state index in [4.69, 9.17) is 4.74 Å². The van der Waals surface area contributed by atoms with Crippen molar-refractivity contribution >= 4 is 43.2 Å². The third kappa shape index (κ3) is 5.99. The van der Waals surface area contributed by atoms with Crippen molar-refractivity contribution in [2.24, 2.45) is 0 Å². The van der Waals surface area contributed by atoms with Gasteiger partial charge in [-0.2, -0.15) is 0 Å². The average Bonchev–Trinajstić information content (AvgIpc) is 3.28. The molecule has 0 saturated carbocycles. The van der Waals surface area contributed by atoms with Gasteiger partial charge in [-0.3, -0.25) is 9.69 Å². The van der Waals surface area contributed by atoms with Gasteiger partial charge in [-0.15, -0.1) is 0 Å². The van der Waals surface area contributed by atoms with Gasteiger partial charge < -0.3 is 14.5 Å². The van der Waals surface area contributed by atoms with E-state index in [0.717, 1.165) is 56.9 Å². The first kappa shape index (κ1) is 25.9. The van der Waals surface area contributed by atoms with Crippen molar-refractivity contribution in [1.29, 1.82) is 0 Å². The van der Waals surface area contributed by atoms with Crippen LogP contribution in [0, 0.1) is 0 Å². The summed E-state index contributed by atoms with van der Waals surface area (Å²) in [6.45, 7) is 7.37. The number of anilines is 2. The highest BCUT2D eigenvalue weighted by Gasteiger charge is 2.28. The van der Waals surface area contributed by atoms with Crippen LogP contribution in [0.25, 0.3) is 0 Å². The van der Waals surface area contributed by atoms with Gasteiger partial charge in [0.15, 0.2) is 0 Å². The Bertz CT molecular complexity index is 1150. The molecule has 0 aliphatic carbocycles. The number of halogens is 1. The van der Waals surface area contributed by atoms with Crippen molar-refractivity contribution in [3.05, 3.63) is 46.4 Å². The molecule has 0 radical (unpaired) electrons. The van der Waals surface area contributed by atoms with E-state index in [-0.39, 0.29) is 10.8 Å². The molecule has 0 unspecified atom stereocenters. The van der Waals surface area contributed by atoms with Gasteiger partial charge in [-0.05, 0) is 77.3 Å². The number of ether oxygens (including phenoxy) is 1. The fraction of sp³-hybridized carbons (Fsp3) is 0.480. The van der Waals surface area contributed by atoms with E-state index in [2.05, 4.69) is 42.6 Å². The van der Waals surface area contributed by atoms with E-state index in [1.54, 1.807) is 18.1 Å². The first-order valence-electron chi connectivity index (χ1n) is 12.1. The summed E-state index contributed by atoms with van der Waals surface area (Å²) in [6.07, 6.45) is 1.86. The number of hydrogen-bond acceptors (Lipinski definition) is 6. The first-order valence-corrected chi connectivity index (χ1v) is 14.3. The zero-order valence-corrected chi connectivity index (χ0v) is 22.7. The van der Waals surface area contributed by atoms with Crippen LogP contribution < -0.4 is 19.3 Å². The largest absolute Gasteiger partial charge is 0.497 e. The Labute approximate surface area is 216 Å². The van der Waals surface area contributed by atoms with Crippen molar-refractivity contribution < 1.29 is 17.9 Å². The molecule has 0 bridgehead atoms. The normalized spacial score (nSPS) is 16.4. The summed E-state index contributed by atoms with van der Waals surface area (Å²) in [5.74, 6) is 0.864. The van der Waals surface area contributed by atoms with Crippen LogP contribution in [0.15, 0.2) is 45.8 Å². The van der Waals surface area contributed by atoms with Gasteiger partial charge in [-0.25, -0.2) is 13.1 Å². The highest BCUT2D eigenvalue weighted by atomic mass is 79.9. The van der Waals surface area contributed by atoms with Crippen molar-refractivity contribution in [2.45, 2.75) is 31.1 Å². The zero-order chi connectivity index (χ0) is 25.0. The minimum absolute atomic E-state index is 0.00877. The predicted molar refractivity (Wildman–Crippen MR) is 142 cm³/mol. The second-order valence-electron chi connectivity index (χ2n) is 8.84. The number of sulfonamides is 1. The highest BCUT2D eigenvalue weighted by Crippen LogP contribution is 2.35. The standard InChI is InChI=1S/C25H33BrN4O4S/c1-3-25(31)30-12-9-19-17-22(26)24(18-23(19)30)35(32,33)27-10-4-11-28-13-15-29(16-14-28)20-5-7-21(34-2)8-6-20/h5-8,17-18,27H,3-4,9-16H2,1-2H3. The Morgan fingerprint density at radius 2 is 1.80 bits per heavy atom. The van der Waals surface area contributed by atoms with Gasteiger partial charge >= 0.3 is 0 Å². The number of nitrogens with one attached hydrogen (secondary N) is 1. The predicted octanol–water partition coefficient (Wildman–Crippen LogP) is 3.25. The smallest absolute Gasteiger partial charge is 0.241 e. The Morgan fingerprint density at radius 1 is 1.09 bits per heavy atom. The van der Waals surface area contributed by atoms with Gasteiger partial charge in [0.25, 0.3) is 0 Å². The Hall–Kier alpha value is -2.14. The highest BCUT2D eigenvalue weighted by molar-refractivity contribution is 9.10. The van der Waals surface area contributed by atoms with Crippen LogP contribution in [0.3, 0.4) is 0 Å². The molecule has 10 heteroatoms. The lowest BCUT2D eigenvalue weighted by Gasteiger charge is -2.36. The lowest BCUT2D eigenvalue weighted by atomic mass is 10.2. The van der Waals surface area contributed by atoms with Gasteiger partial charge in [0.1, 0.15) is 5.75 Å². The molecule has 2 aliphatic rings. The number of carbonyl (C=O) groups is 1. The monoisotopic (exact) mass is 564 g/mol. The summed E-state index contributed by atoms with van der Waals surface area (Å²) < 4.78 is 34.5. The summed E-state index contributed by atoms with van der Waals surface area (Å²) in [7, 11) is -2.03. The number of hydrogen-bond donors (Lipinski definition) is 1. The van der Waals surface area contributed by atoms with E-state index in [1.165, 1.54) is 5.69 Å². The molecule has 2 heterocycles. The van der Waals surface area contributed by atoms with Crippen LogP contribution in [-0.2, 0) is 21.2 Å². The Balaban J connectivity index is 1.27. The number of methoxy groups -OCH3 is 1. The molecule has 1 saturated heterocycles. The Kier molecular flexibility index (Phi) is 8.36. The summed E-state index contributed by atoms with van der Waals surface area (Å²) in [5, 5.41) is 0. The van der Waals surface area contributed by atoms with Crippen LogP contribution in [0.4, 0.5) is 11.4 Å². The SMILES string of the molecule is CCC(=O)N1CCc2cc(Br)c(S(=O)(=O)NCCCN3CCN(c4ccc(OC)cc4)CC3)cc21. The van der Waals surface area contributed by atoms with Gasteiger partial charge in [-0.1, -0.05) is 6.92 Å². The summed E-state index contributed by atoms with van der Waals surface area (Å²) in [6, 6.07) is 11.6. The van der Waals surface area contributed by atoms with Crippen LogP contribution in [-0.4, -0.2) is 72.1 Å². The number of piperazine rings is 1. The number of nitrogens with zero attached hydrogens (tertiary/aromatic N) is 3. The molecular weight excluding hydrogens is 532 g/mol. The van der Waals surface area contributed by atoms with E-state index in [1.807, 2.05) is 25.1 Å². The van der Waals surface area contributed by atoms with Gasteiger partial charge in [0.2, 0.25) is 15.9 Å². The van der Waals surface area contributed by atoms with E-state index < -0.39 is 10.0 Å². The van der Waals surface area contributed by atoms with Crippen molar-refractivity contribution in [3.63, 3.8) is 0 Å². The molecule has 190 valence electrons. The molecule has 1 N–H and O–H groups in total. The number of amides is 1. The van der Waals surface area contributed by atoms with Crippen molar-refractivity contribution in [2.75, 3.05) is 62.7 Å². The molecule has 0 atom stereocenters. The topological polar surface area (TPSA) is 82.2 Å². The maximum Gasteiger partial charge on any atom is 0.241 e. The third-order valence-corrected chi connectivity index (χ3v) is 9.09. The zero-order valence-electron chi connectivity index (χ0n) is 20.3. The number of carbonyl (C=O) groups excluding carboxylic acids is 1. The molecule has 2 aromatic rings. The lowest BCUT2D eigenvalue weighted by molar-refractivity contribution is -0.118. The van der Waals surface area contributed by atoms with E-state index >= 15 is 0 Å². The fourth-order valence-corrected chi connectivity index (χ4v) is 6.83. The molecule has 2 aliphatic heterocycles. The molecule has 0 spiro atoms. The quantitative estimate of drug-likeness (QED) is 0.471. The summed E-state index contributed by atoms with van der Waals surface area (Å²) in [5.41, 5.74) is 2.89. The van der Waals surface area contributed by atoms with Crippen molar-refractivity contribution in [1.82, 2.24) is 9.62 Å². The average molecular weight is 566 g/mol. The number of benzene rings is 2. The molecule has 1 amide bonds. The second kappa shape index (κ2) is 11.3. The number of rotatable bonds is 9.